The van der Waals surface area contributed by atoms with Crippen LogP contribution in [0.15, 0.2) is 36.4 Å². The van der Waals surface area contributed by atoms with Crippen LogP contribution < -0.4 is 15.0 Å². The number of carbonyl (C=O) groups is 1. The lowest BCUT2D eigenvalue weighted by molar-refractivity contribution is -0.0242. The zero-order valence-electron chi connectivity index (χ0n) is 15.3. The second kappa shape index (κ2) is 9.18. The maximum Gasteiger partial charge on any atom is 0.251 e. The van der Waals surface area contributed by atoms with Crippen molar-refractivity contribution in [3.8, 4) is 5.75 Å². The number of aromatic nitrogens is 2. The van der Waals surface area contributed by atoms with E-state index in [0.29, 0.717) is 42.4 Å². The van der Waals surface area contributed by atoms with Crippen LogP contribution in [0, 0.1) is 0 Å². The normalized spacial score (nSPS) is 15.9. The van der Waals surface area contributed by atoms with Gasteiger partial charge in [-0.25, -0.2) is 0 Å². The summed E-state index contributed by atoms with van der Waals surface area (Å²) >= 11 is 5.76. The van der Waals surface area contributed by atoms with Gasteiger partial charge in [0, 0.05) is 25.2 Å². The number of anilines is 1. The molecule has 1 aromatic carbocycles. The summed E-state index contributed by atoms with van der Waals surface area (Å²) in [6, 6.07) is 10.2. The maximum atomic E-state index is 11.8. The summed E-state index contributed by atoms with van der Waals surface area (Å²) in [5.41, 5.74) is -0.440. The summed E-state index contributed by atoms with van der Waals surface area (Å²) in [5.74, 6) is 1.07. The Morgan fingerprint density at radius 2 is 1.89 bits per heavy atom. The lowest BCUT2D eigenvalue weighted by atomic mass is 9.92. The number of rotatable bonds is 7. The molecular weight excluding hydrogens is 384 g/mol. The zero-order chi connectivity index (χ0) is 20.0. The number of aliphatic hydroxyl groups is 2. The molecule has 8 nitrogen and oxygen atoms in total. The number of nitrogens with one attached hydrogen (secondary N) is 1. The summed E-state index contributed by atoms with van der Waals surface area (Å²) in [6.45, 7) is 1.56. The molecule has 9 heteroatoms. The number of benzene rings is 1. The maximum absolute atomic E-state index is 11.8. The van der Waals surface area contributed by atoms with Crippen molar-refractivity contribution >= 4 is 23.3 Å². The van der Waals surface area contributed by atoms with Crippen LogP contribution in [0.1, 0.15) is 23.2 Å². The topological polar surface area (TPSA) is 108 Å². The van der Waals surface area contributed by atoms with Crippen LogP contribution in [0.5, 0.6) is 5.75 Å². The third-order valence-corrected chi connectivity index (χ3v) is 4.86. The van der Waals surface area contributed by atoms with Gasteiger partial charge >= 0.3 is 0 Å². The smallest absolute Gasteiger partial charge is 0.251 e. The Morgan fingerprint density at radius 1 is 1.18 bits per heavy atom. The highest BCUT2D eigenvalue weighted by atomic mass is 35.5. The molecule has 0 spiro atoms. The first-order valence-electron chi connectivity index (χ1n) is 9.08. The highest BCUT2D eigenvalue weighted by Gasteiger charge is 2.33. The first kappa shape index (κ1) is 20.3. The van der Waals surface area contributed by atoms with E-state index in [1.54, 1.807) is 30.3 Å². The summed E-state index contributed by atoms with van der Waals surface area (Å²) < 4.78 is 5.74. The van der Waals surface area contributed by atoms with Crippen molar-refractivity contribution in [1.82, 2.24) is 15.5 Å². The molecule has 1 aliphatic rings. The van der Waals surface area contributed by atoms with Crippen LogP contribution in [0.25, 0.3) is 0 Å². The van der Waals surface area contributed by atoms with Gasteiger partial charge in [0.15, 0.2) is 11.0 Å². The molecule has 1 saturated heterocycles. The van der Waals surface area contributed by atoms with Gasteiger partial charge in [0.25, 0.3) is 5.91 Å². The molecule has 2 aromatic rings. The van der Waals surface area contributed by atoms with E-state index in [9.17, 15) is 9.90 Å². The van der Waals surface area contributed by atoms with Crippen molar-refractivity contribution in [2.75, 3.05) is 37.7 Å². The van der Waals surface area contributed by atoms with Crippen molar-refractivity contribution in [3.63, 3.8) is 0 Å². The summed E-state index contributed by atoms with van der Waals surface area (Å²) in [5, 5.41) is 30.4. The molecular formula is C19H23ClN4O4. The first-order valence-corrected chi connectivity index (χ1v) is 9.45. The van der Waals surface area contributed by atoms with E-state index in [0.717, 1.165) is 5.82 Å². The molecule has 1 aromatic heterocycles. The molecule has 28 heavy (non-hydrogen) atoms. The Morgan fingerprint density at radius 3 is 2.50 bits per heavy atom. The molecule has 0 bridgehead atoms. The average molecular weight is 407 g/mol. The Kier molecular flexibility index (Phi) is 6.66. The third-order valence-electron chi connectivity index (χ3n) is 4.66. The largest absolute Gasteiger partial charge is 0.491 e. The van der Waals surface area contributed by atoms with E-state index >= 15 is 0 Å². The zero-order valence-corrected chi connectivity index (χ0v) is 16.1. The predicted molar refractivity (Wildman–Crippen MR) is 105 cm³/mol. The van der Waals surface area contributed by atoms with Crippen molar-refractivity contribution < 1.29 is 19.7 Å². The number of piperidine rings is 1. The lowest BCUT2D eigenvalue weighted by Crippen LogP contribution is -2.48. The second-order valence-electron chi connectivity index (χ2n) is 6.72. The minimum atomic E-state index is -0.923. The van der Waals surface area contributed by atoms with E-state index in [4.69, 9.17) is 21.4 Å². The summed E-state index contributed by atoms with van der Waals surface area (Å²) in [6.07, 6.45) is 1.08. The minimum absolute atomic E-state index is 0.104. The van der Waals surface area contributed by atoms with Gasteiger partial charge in [0.1, 0.15) is 18.0 Å². The fourth-order valence-corrected chi connectivity index (χ4v) is 3.07. The van der Waals surface area contributed by atoms with Gasteiger partial charge in [-0.05, 0) is 49.2 Å². The van der Waals surface area contributed by atoms with Crippen molar-refractivity contribution in [2.45, 2.75) is 18.4 Å². The van der Waals surface area contributed by atoms with Gasteiger partial charge in [-0.1, -0.05) is 11.6 Å². The standard InChI is InChI=1S/C19H23ClN4O4/c20-16-5-6-17(23-22-16)24-10-7-19(27,8-11-24)13-28-15-3-1-14(2-4-15)18(26)21-9-12-25/h1-6,25,27H,7-13H2,(H,21,26). The van der Waals surface area contributed by atoms with E-state index in [1.807, 2.05) is 6.07 Å². The van der Waals surface area contributed by atoms with E-state index < -0.39 is 5.60 Å². The number of aliphatic hydroxyl groups excluding tert-OH is 1. The molecule has 1 aliphatic heterocycles. The Hall–Kier alpha value is -2.42. The number of amides is 1. The van der Waals surface area contributed by atoms with E-state index in [1.165, 1.54) is 0 Å². The monoisotopic (exact) mass is 406 g/mol. The van der Waals surface area contributed by atoms with Gasteiger partial charge in [0.2, 0.25) is 0 Å². The predicted octanol–water partition coefficient (Wildman–Crippen LogP) is 1.26. The molecule has 1 fully saturated rings. The molecule has 0 radical (unpaired) electrons. The number of ether oxygens (including phenoxy) is 1. The lowest BCUT2D eigenvalue weighted by Gasteiger charge is -2.38. The Balaban J connectivity index is 1.49. The summed E-state index contributed by atoms with van der Waals surface area (Å²) in [4.78, 5) is 13.9. The second-order valence-corrected chi connectivity index (χ2v) is 7.11. The van der Waals surface area contributed by atoms with E-state index in [-0.39, 0.29) is 25.7 Å². The molecule has 1 amide bonds. The third kappa shape index (κ3) is 5.31. The van der Waals surface area contributed by atoms with Crippen molar-refractivity contribution in [1.29, 1.82) is 0 Å². The van der Waals surface area contributed by atoms with Crippen molar-refractivity contribution in [2.24, 2.45) is 0 Å². The van der Waals surface area contributed by atoms with Crippen LogP contribution in [-0.2, 0) is 0 Å². The summed E-state index contributed by atoms with van der Waals surface area (Å²) in [7, 11) is 0. The van der Waals surface area contributed by atoms with Crippen LogP contribution >= 0.6 is 11.6 Å². The van der Waals surface area contributed by atoms with Crippen molar-refractivity contribution in [3.05, 3.63) is 47.1 Å². The average Bonchev–Trinajstić information content (AvgIpc) is 2.72. The Labute approximate surface area is 168 Å². The number of hydrogen-bond donors (Lipinski definition) is 3. The number of hydrogen-bond acceptors (Lipinski definition) is 7. The van der Waals surface area contributed by atoms with Gasteiger partial charge < -0.3 is 25.2 Å². The Bertz CT molecular complexity index is 778. The molecule has 0 saturated carbocycles. The molecule has 0 unspecified atom stereocenters. The fourth-order valence-electron chi connectivity index (χ4n) is 2.97. The highest BCUT2D eigenvalue weighted by molar-refractivity contribution is 6.29. The molecule has 3 rings (SSSR count). The molecule has 0 aliphatic carbocycles. The quantitative estimate of drug-likeness (QED) is 0.635. The number of nitrogens with zero attached hydrogens (tertiary/aromatic N) is 3. The molecule has 0 atom stereocenters. The van der Waals surface area contributed by atoms with Gasteiger partial charge in [0.05, 0.1) is 6.61 Å². The highest BCUT2D eigenvalue weighted by Crippen LogP contribution is 2.26. The number of carbonyl (C=O) groups excluding carboxylic acids is 1. The van der Waals surface area contributed by atoms with E-state index in [2.05, 4.69) is 20.4 Å². The molecule has 3 N–H and O–H groups in total. The van der Waals surface area contributed by atoms with Gasteiger partial charge in [-0.2, -0.15) is 0 Å². The van der Waals surface area contributed by atoms with Gasteiger partial charge in [-0.3, -0.25) is 4.79 Å². The number of halogens is 1. The fraction of sp³-hybridized carbons (Fsp3) is 0.421. The first-order chi connectivity index (χ1) is 13.5. The van der Waals surface area contributed by atoms with Crippen LogP contribution in [0.4, 0.5) is 5.82 Å². The van der Waals surface area contributed by atoms with Gasteiger partial charge in [-0.15, -0.1) is 10.2 Å². The molecule has 150 valence electrons. The molecule has 2 heterocycles. The van der Waals surface area contributed by atoms with Crippen LogP contribution in [0.2, 0.25) is 5.15 Å². The minimum Gasteiger partial charge on any atom is -0.491 e. The van der Waals surface area contributed by atoms with Crippen LogP contribution in [-0.4, -0.2) is 64.8 Å². The van der Waals surface area contributed by atoms with Crippen LogP contribution in [0.3, 0.4) is 0 Å². The SMILES string of the molecule is O=C(NCCO)c1ccc(OCC2(O)CCN(c3ccc(Cl)nn3)CC2)cc1.